The van der Waals surface area contributed by atoms with E-state index in [0.29, 0.717) is 21.3 Å². The first-order chi connectivity index (χ1) is 11.4. The molecule has 0 spiro atoms. The van der Waals surface area contributed by atoms with Crippen LogP contribution in [-0.4, -0.2) is 11.3 Å². The second-order valence-electron chi connectivity index (χ2n) is 8.29. The van der Waals surface area contributed by atoms with Crippen molar-refractivity contribution < 1.29 is 5.11 Å². The van der Waals surface area contributed by atoms with E-state index in [1.807, 2.05) is 6.07 Å². The average molecular weight is 378 g/mol. The van der Waals surface area contributed by atoms with Crippen LogP contribution in [0.3, 0.4) is 0 Å². The highest BCUT2D eigenvalue weighted by molar-refractivity contribution is 6.38. The van der Waals surface area contributed by atoms with Gasteiger partial charge in [0.25, 0.3) is 0 Å². The van der Waals surface area contributed by atoms with Crippen LogP contribution in [0.15, 0.2) is 35.3 Å². The molecule has 0 fully saturated rings. The lowest BCUT2D eigenvalue weighted by Gasteiger charge is -2.27. The fraction of sp³-hybridized carbons (Fsp3) is 0.381. The summed E-state index contributed by atoms with van der Waals surface area (Å²) >= 11 is 12.4. The van der Waals surface area contributed by atoms with Crippen LogP contribution in [0.25, 0.3) is 0 Å². The van der Waals surface area contributed by atoms with Gasteiger partial charge < -0.3 is 5.11 Å². The fourth-order valence-electron chi connectivity index (χ4n) is 2.51. The summed E-state index contributed by atoms with van der Waals surface area (Å²) in [4.78, 5) is 4.43. The van der Waals surface area contributed by atoms with Gasteiger partial charge in [0, 0.05) is 17.3 Å². The number of rotatable bonds is 2. The number of para-hydroxylation sites is 1. The summed E-state index contributed by atoms with van der Waals surface area (Å²) in [5, 5.41) is 11.7. The molecule has 0 aliphatic heterocycles. The van der Waals surface area contributed by atoms with Crippen molar-refractivity contribution in [1.82, 2.24) is 0 Å². The van der Waals surface area contributed by atoms with Crippen molar-refractivity contribution >= 4 is 35.1 Å². The molecule has 0 amide bonds. The summed E-state index contributed by atoms with van der Waals surface area (Å²) < 4.78 is 0. The van der Waals surface area contributed by atoms with Gasteiger partial charge in [0.05, 0.1) is 10.0 Å². The van der Waals surface area contributed by atoms with Gasteiger partial charge in [-0.05, 0) is 34.6 Å². The Morgan fingerprint density at radius 3 is 1.96 bits per heavy atom. The third-order valence-electron chi connectivity index (χ3n) is 4.08. The zero-order chi connectivity index (χ0) is 19.0. The Bertz CT molecular complexity index is 792. The summed E-state index contributed by atoms with van der Waals surface area (Å²) in [6.07, 6.45) is 1.63. The van der Waals surface area contributed by atoms with Crippen molar-refractivity contribution in [2.45, 2.75) is 52.4 Å². The van der Waals surface area contributed by atoms with E-state index in [1.165, 1.54) is 0 Å². The number of phenols is 1. The average Bonchev–Trinajstić information content (AvgIpc) is 2.45. The number of hydrogen-bond acceptors (Lipinski definition) is 2. The minimum Gasteiger partial charge on any atom is -0.507 e. The van der Waals surface area contributed by atoms with Crippen molar-refractivity contribution in [2.24, 2.45) is 4.99 Å². The number of aromatic hydroxyl groups is 1. The van der Waals surface area contributed by atoms with E-state index in [1.54, 1.807) is 24.4 Å². The lowest BCUT2D eigenvalue weighted by atomic mass is 9.79. The molecule has 0 saturated heterocycles. The summed E-state index contributed by atoms with van der Waals surface area (Å²) in [7, 11) is 0. The van der Waals surface area contributed by atoms with E-state index in [0.717, 1.165) is 11.1 Å². The molecule has 0 aromatic heterocycles. The van der Waals surface area contributed by atoms with Crippen LogP contribution in [0.1, 0.15) is 58.2 Å². The van der Waals surface area contributed by atoms with Crippen LogP contribution in [-0.2, 0) is 10.8 Å². The van der Waals surface area contributed by atoms with Gasteiger partial charge in [0.15, 0.2) is 0 Å². The quantitative estimate of drug-likeness (QED) is 0.558. The molecule has 0 unspecified atom stereocenters. The predicted octanol–water partition coefficient (Wildman–Crippen LogP) is 7.04. The first kappa shape index (κ1) is 19.8. The van der Waals surface area contributed by atoms with Crippen molar-refractivity contribution in [3.05, 3.63) is 57.1 Å². The number of hydrogen-bond donors (Lipinski definition) is 1. The van der Waals surface area contributed by atoms with E-state index < -0.39 is 0 Å². The van der Waals surface area contributed by atoms with Crippen LogP contribution in [0.5, 0.6) is 5.75 Å². The van der Waals surface area contributed by atoms with E-state index in [4.69, 9.17) is 23.2 Å². The Morgan fingerprint density at radius 1 is 0.920 bits per heavy atom. The molecule has 2 aromatic rings. The van der Waals surface area contributed by atoms with Crippen LogP contribution in [0.4, 0.5) is 5.69 Å². The number of benzene rings is 2. The lowest BCUT2D eigenvalue weighted by Crippen LogP contribution is -2.17. The zero-order valence-electron chi connectivity index (χ0n) is 15.6. The molecule has 134 valence electrons. The van der Waals surface area contributed by atoms with Gasteiger partial charge in [0.2, 0.25) is 0 Å². The van der Waals surface area contributed by atoms with Crippen molar-refractivity contribution in [1.29, 1.82) is 0 Å². The van der Waals surface area contributed by atoms with Gasteiger partial charge in [-0.1, -0.05) is 76.9 Å². The predicted molar refractivity (Wildman–Crippen MR) is 109 cm³/mol. The minimum absolute atomic E-state index is 0.0433. The molecule has 0 atom stereocenters. The van der Waals surface area contributed by atoms with E-state index >= 15 is 0 Å². The Labute approximate surface area is 160 Å². The maximum absolute atomic E-state index is 10.8. The molecule has 1 N–H and O–H groups in total. The van der Waals surface area contributed by atoms with E-state index in [9.17, 15) is 5.11 Å². The van der Waals surface area contributed by atoms with E-state index in [-0.39, 0.29) is 16.6 Å². The highest BCUT2D eigenvalue weighted by Gasteiger charge is 2.24. The molecule has 0 radical (unpaired) electrons. The molecule has 2 rings (SSSR count). The maximum atomic E-state index is 10.8. The Kier molecular flexibility index (Phi) is 5.56. The lowest BCUT2D eigenvalue weighted by molar-refractivity contribution is 0.444. The fourth-order valence-corrected chi connectivity index (χ4v) is 3.00. The van der Waals surface area contributed by atoms with Crippen LogP contribution in [0.2, 0.25) is 10.0 Å². The Hall–Kier alpha value is -1.51. The topological polar surface area (TPSA) is 32.6 Å². The maximum Gasteiger partial charge on any atom is 0.128 e. The highest BCUT2D eigenvalue weighted by atomic mass is 35.5. The Morgan fingerprint density at radius 2 is 1.48 bits per heavy atom. The molecular formula is C21H25Cl2NO. The highest BCUT2D eigenvalue weighted by Crippen LogP contribution is 2.38. The van der Waals surface area contributed by atoms with Gasteiger partial charge in [-0.2, -0.15) is 0 Å². The number of aliphatic imine (C=N–C) groups is 1. The smallest absolute Gasteiger partial charge is 0.128 e. The third kappa shape index (κ3) is 4.56. The normalized spacial score (nSPS) is 12.8. The van der Waals surface area contributed by atoms with Crippen LogP contribution >= 0.6 is 23.2 Å². The van der Waals surface area contributed by atoms with Gasteiger partial charge in [0.1, 0.15) is 11.4 Å². The monoisotopic (exact) mass is 377 g/mol. The molecule has 0 aliphatic rings. The Balaban J connectivity index is 2.63. The first-order valence-corrected chi connectivity index (χ1v) is 9.03. The number of nitrogens with zero attached hydrogens (tertiary/aromatic N) is 1. The van der Waals surface area contributed by atoms with Gasteiger partial charge in [-0.3, -0.25) is 4.99 Å². The van der Waals surface area contributed by atoms with Crippen molar-refractivity contribution in [3.63, 3.8) is 0 Å². The van der Waals surface area contributed by atoms with Gasteiger partial charge in [-0.25, -0.2) is 0 Å². The second kappa shape index (κ2) is 7.01. The molecule has 0 saturated carbocycles. The molecule has 0 heterocycles. The van der Waals surface area contributed by atoms with Crippen LogP contribution in [0, 0.1) is 0 Å². The van der Waals surface area contributed by atoms with Gasteiger partial charge >= 0.3 is 0 Å². The molecule has 2 aromatic carbocycles. The molecule has 2 nitrogen and oxygen atoms in total. The standard InChI is InChI=1S/C21H25Cl2NO/c1-20(2,3)14-10-13(19(25)15(11-14)21(4,5)6)12-24-18-16(22)8-7-9-17(18)23/h7-12,25H,1-6H3. The second-order valence-corrected chi connectivity index (χ2v) is 9.10. The summed E-state index contributed by atoms with van der Waals surface area (Å²) in [5.74, 6) is 0.243. The summed E-state index contributed by atoms with van der Waals surface area (Å²) in [6, 6.07) is 9.31. The summed E-state index contributed by atoms with van der Waals surface area (Å²) in [5.41, 5.74) is 2.97. The SMILES string of the molecule is CC(C)(C)c1cc(C=Nc2c(Cl)cccc2Cl)c(O)c(C(C)(C)C)c1. The molecule has 25 heavy (non-hydrogen) atoms. The van der Waals surface area contributed by atoms with Gasteiger partial charge in [-0.15, -0.1) is 0 Å². The first-order valence-electron chi connectivity index (χ1n) is 8.27. The summed E-state index contributed by atoms with van der Waals surface area (Å²) in [6.45, 7) is 12.7. The molecular weight excluding hydrogens is 353 g/mol. The third-order valence-corrected chi connectivity index (χ3v) is 4.69. The molecule has 4 heteroatoms. The number of phenolic OH excluding ortho intramolecular Hbond substituents is 1. The van der Waals surface area contributed by atoms with Crippen molar-refractivity contribution in [2.75, 3.05) is 0 Å². The minimum atomic E-state index is -0.185. The van der Waals surface area contributed by atoms with Crippen molar-refractivity contribution in [3.8, 4) is 5.75 Å². The number of halogens is 2. The van der Waals surface area contributed by atoms with E-state index in [2.05, 4.69) is 52.6 Å². The molecule has 0 bridgehead atoms. The zero-order valence-corrected chi connectivity index (χ0v) is 17.1. The largest absolute Gasteiger partial charge is 0.507 e. The van der Waals surface area contributed by atoms with Crippen LogP contribution < -0.4 is 0 Å². The molecule has 0 aliphatic carbocycles.